The van der Waals surface area contributed by atoms with Gasteiger partial charge in [0.05, 0.1) is 6.61 Å². The van der Waals surface area contributed by atoms with Gasteiger partial charge in [0, 0.05) is 16.8 Å². The lowest BCUT2D eigenvalue weighted by Crippen LogP contribution is -2.13. The van der Waals surface area contributed by atoms with Crippen LogP contribution in [0.25, 0.3) is 0 Å². The van der Waals surface area contributed by atoms with Crippen LogP contribution in [0.3, 0.4) is 0 Å². The Morgan fingerprint density at radius 1 is 1.35 bits per heavy atom. The van der Waals surface area contributed by atoms with Gasteiger partial charge in [0.1, 0.15) is 0 Å². The van der Waals surface area contributed by atoms with Crippen LogP contribution in [0.5, 0.6) is 0 Å². The van der Waals surface area contributed by atoms with Crippen molar-refractivity contribution in [2.24, 2.45) is 0 Å². The molecule has 2 rings (SSSR count). The number of nitrogens with zero attached hydrogens (tertiary/aromatic N) is 1. The van der Waals surface area contributed by atoms with Crippen molar-refractivity contribution in [3.8, 4) is 0 Å². The van der Waals surface area contributed by atoms with Crippen LogP contribution >= 0.6 is 0 Å². The minimum Gasteiger partial charge on any atom is -0.392 e. The molecule has 0 aliphatic heterocycles. The molecular weight excluding hydrogens is 254 g/mol. The number of carbonyl (C=O) groups excluding carboxylic acids is 1. The van der Waals surface area contributed by atoms with Crippen molar-refractivity contribution in [3.05, 3.63) is 47.3 Å². The van der Waals surface area contributed by atoms with E-state index in [1.165, 1.54) is 0 Å². The number of carbonyl (C=O) groups is 1. The highest BCUT2D eigenvalue weighted by atomic mass is 16.3. The zero-order chi connectivity index (χ0) is 14.8. The molecule has 0 atom stereocenters. The van der Waals surface area contributed by atoms with E-state index in [4.69, 9.17) is 5.11 Å². The fourth-order valence-electron chi connectivity index (χ4n) is 1.76. The number of aromatic amines is 1. The van der Waals surface area contributed by atoms with Gasteiger partial charge in [0.2, 0.25) is 0 Å². The Kier molecular flexibility index (Phi) is 3.90. The summed E-state index contributed by atoms with van der Waals surface area (Å²) in [5, 5.41) is 18.8. The lowest BCUT2D eigenvalue weighted by Gasteiger charge is -2.14. The number of hydrogen-bond acceptors (Lipinski definition) is 3. The van der Waals surface area contributed by atoms with E-state index in [1.807, 2.05) is 20.8 Å². The average Bonchev–Trinajstić information content (AvgIpc) is 2.88. The van der Waals surface area contributed by atoms with Crippen LogP contribution in [-0.4, -0.2) is 21.2 Å². The largest absolute Gasteiger partial charge is 0.392 e. The highest BCUT2D eigenvalue weighted by Crippen LogP contribution is 2.20. The summed E-state index contributed by atoms with van der Waals surface area (Å²) in [6, 6.07) is 8.84. The van der Waals surface area contributed by atoms with Crippen molar-refractivity contribution >= 4 is 11.6 Å². The summed E-state index contributed by atoms with van der Waals surface area (Å²) in [6.07, 6.45) is 0. The van der Waals surface area contributed by atoms with Gasteiger partial charge in [0.15, 0.2) is 5.69 Å². The van der Waals surface area contributed by atoms with E-state index >= 15 is 0 Å². The van der Waals surface area contributed by atoms with Crippen LogP contribution < -0.4 is 5.32 Å². The van der Waals surface area contributed by atoms with Crippen LogP contribution in [0.1, 0.15) is 42.5 Å². The van der Waals surface area contributed by atoms with E-state index in [1.54, 1.807) is 30.3 Å². The van der Waals surface area contributed by atoms with E-state index in [-0.39, 0.29) is 17.9 Å². The number of aromatic nitrogens is 2. The number of H-pyrrole nitrogens is 1. The van der Waals surface area contributed by atoms with Crippen LogP contribution in [0.2, 0.25) is 0 Å². The molecule has 1 aromatic heterocycles. The Morgan fingerprint density at radius 3 is 2.70 bits per heavy atom. The Morgan fingerprint density at radius 2 is 2.10 bits per heavy atom. The fourth-order valence-corrected chi connectivity index (χ4v) is 1.76. The Labute approximate surface area is 118 Å². The minimum atomic E-state index is -0.271. The lowest BCUT2D eigenvalue weighted by atomic mass is 9.92. The van der Waals surface area contributed by atoms with Crippen molar-refractivity contribution in [1.29, 1.82) is 0 Å². The van der Waals surface area contributed by atoms with Crippen LogP contribution in [0, 0.1) is 0 Å². The first-order chi connectivity index (χ1) is 9.40. The summed E-state index contributed by atoms with van der Waals surface area (Å²) in [6.45, 7) is 6.09. The van der Waals surface area contributed by atoms with Gasteiger partial charge in [-0.3, -0.25) is 9.89 Å². The van der Waals surface area contributed by atoms with Crippen molar-refractivity contribution in [2.75, 3.05) is 5.32 Å². The summed E-state index contributed by atoms with van der Waals surface area (Å²) in [4.78, 5) is 12.1. The topological polar surface area (TPSA) is 78.0 Å². The predicted molar refractivity (Wildman–Crippen MR) is 77.6 cm³/mol. The molecule has 0 unspecified atom stereocenters. The third kappa shape index (κ3) is 3.24. The smallest absolute Gasteiger partial charge is 0.276 e. The van der Waals surface area contributed by atoms with Gasteiger partial charge < -0.3 is 10.4 Å². The summed E-state index contributed by atoms with van der Waals surface area (Å²) < 4.78 is 0. The van der Waals surface area contributed by atoms with E-state index in [0.717, 1.165) is 11.3 Å². The first-order valence-electron chi connectivity index (χ1n) is 6.47. The van der Waals surface area contributed by atoms with Gasteiger partial charge in [-0.15, -0.1) is 0 Å². The minimum absolute atomic E-state index is 0.0553. The zero-order valence-electron chi connectivity index (χ0n) is 11.9. The van der Waals surface area contributed by atoms with E-state index in [0.29, 0.717) is 11.4 Å². The number of hydrogen-bond donors (Lipinski definition) is 3. The molecule has 3 N–H and O–H groups in total. The maximum atomic E-state index is 12.1. The van der Waals surface area contributed by atoms with Crippen molar-refractivity contribution in [3.63, 3.8) is 0 Å². The van der Waals surface area contributed by atoms with Crippen LogP contribution in [-0.2, 0) is 12.0 Å². The molecule has 5 heteroatoms. The summed E-state index contributed by atoms with van der Waals surface area (Å²) >= 11 is 0. The Hall–Kier alpha value is -2.14. The van der Waals surface area contributed by atoms with Gasteiger partial charge in [-0.2, -0.15) is 5.10 Å². The zero-order valence-corrected chi connectivity index (χ0v) is 11.9. The molecule has 0 saturated heterocycles. The maximum Gasteiger partial charge on any atom is 0.276 e. The maximum absolute atomic E-state index is 12.1. The molecule has 0 aliphatic carbocycles. The van der Waals surface area contributed by atoms with Gasteiger partial charge in [0.25, 0.3) is 5.91 Å². The van der Waals surface area contributed by atoms with Crippen LogP contribution in [0.4, 0.5) is 5.69 Å². The molecule has 106 valence electrons. The number of anilines is 1. The standard InChI is InChI=1S/C15H19N3O2/c1-15(2,3)13-8-12(17-18-13)14(20)16-11-6-4-5-10(7-11)9-19/h4-8,19H,9H2,1-3H3,(H,16,20)(H,17,18). The molecule has 0 spiro atoms. The summed E-state index contributed by atoms with van der Waals surface area (Å²) in [7, 11) is 0. The SMILES string of the molecule is CC(C)(C)c1cc(C(=O)Nc2cccc(CO)c2)n[nH]1. The molecule has 0 radical (unpaired) electrons. The molecule has 0 fully saturated rings. The van der Waals surface area contributed by atoms with Crippen molar-refractivity contribution < 1.29 is 9.90 Å². The third-order valence-electron chi connectivity index (χ3n) is 2.99. The highest BCUT2D eigenvalue weighted by Gasteiger charge is 2.19. The summed E-state index contributed by atoms with van der Waals surface area (Å²) in [5.41, 5.74) is 2.57. The molecule has 1 aromatic carbocycles. The first-order valence-corrected chi connectivity index (χ1v) is 6.47. The summed E-state index contributed by atoms with van der Waals surface area (Å²) in [5.74, 6) is -0.271. The molecule has 2 aromatic rings. The molecule has 1 heterocycles. The number of aliphatic hydroxyl groups is 1. The van der Waals surface area contributed by atoms with Gasteiger partial charge in [-0.05, 0) is 23.8 Å². The third-order valence-corrected chi connectivity index (χ3v) is 2.99. The molecule has 1 amide bonds. The number of amides is 1. The van der Waals surface area contributed by atoms with E-state index in [9.17, 15) is 4.79 Å². The van der Waals surface area contributed by atoms with Gasteiger partial charge >= 0.3 is 0 Å². The van der Waals surface area contributed by atoms with Crippen molar-refractivity contribution in [1.82, 2.24) is 10.2 Å². The molecule has 5 nitrogen and oxygen atoms in total. The van der Waals surface area contributed by atoms with Crippen molar-refractivity contribution in [2.45, 2.75) is 32.8 Å². The normalized spacial score (nSPS) is 11.4. The number of nitrogens with one attached hydrogen (secondary N) is 2. The second-order valence-corrected chi connectivity index (χ2v) is 5.73. The van der Waals surface area contributed by atoms with Crippen LogP contribution in [0.15, 0.2) is 30.3 Å². The average molecular weight is 273 g/mol. The molecule has 20 heavy (non-hydrogen) atoms. The predicted octanol–water partition coefficient (Wildman–Crippen LogP) is 2.45. The number of rotatable bonds is 3. The van der Waals surface area contributed by atoms with Gasteiger partial charge in [-0.1, -0.05) is 32.9 Å². The lowest BCUT2D eigenvalue weighted by molar-refractivity contribution is 0.102. The van der Waals surface area contributed by atoms with E-state index in [2.05, 4.69) is 15.5 Å². The molecular formula is C15H19N3O2. The molecule has 0 saturated carbocycles. The fraction of sp³-hybridized carbons (Fsp3) is 0.333. The second-order valence-electron chi connectivity index (χ2n) is 5.73. The molecule has 0 bridgehead atoms. The highest BCUT2D eigenvalue weighted by molar-refractivity contribution is 6.02. The van der Waals surface area contributed by atoms with E-state index < -0.39 is 0 Å². The number of aliphatic hydroxyl groups excluding tert-OH is 1. The Balaban J connectivity index is 2.13. The monoisotopic (exact) mass is 273 g/mol. The number of benzene rings is 1. The quantitative estimate of drug-likeness (QED) is 0.803. The first kappa shape index (κ1) is 14.3. The second kappa shape index (κ2) is 5.46. The van der Waals surface area contributed by atoms with Gasteiger partial charge in [-0.25, -0.2) is 0 Å². The molecule has 0 aliphatic rings. The Bertz CT molecular complexity index is 612.